The molecule has 2 N–H and O–H groups in total. The number of aromatic nitrogens is 2. The zero-order valence-electron chi connectivity index (χ0n) is 20.1. The molecule has 1 aromatic heterocycles. The van der Waals surface area contributed by atoms with E-state index in [1.165, 1.54) is 28.8 Å². The van der Waals surface area contributed by atoms with Gasteiger partial charge in [0, 0.05) is 31.9 Å². The summed E-state index contributed by atoms with van der Waals surface area (Å²) >= 11 is 0. The number of nitrogens with one attached hydrogen (secondary N) is 2. The van der Waals surface area contributed by atoms with Crippen LogP contribution in [0, 0.1) is 5.82 Å². The monoisotopic (exact) mass is 481 g/mol. The minimum absolute atomic E-state index is 0.0854. The first kappa shape index (κ1) is 26.3. The lowest BCUT2D eigenvalue weighted by Gasteiger charge is -2.20. The molecular weight excluding hydrogens is 449 g/mol. The number of hydrogen-bond acceptors (Lipinski definition) is 5. The molecule has 0 aliphatic heterocycles. The Bertz CT molecular complexity index is 1110. The van der Waals surface area contributed by atoms with Crippen LogP contribution >= 0.6 is 0 Å². The summed E-state index contributed by atoms with van der Waals surface area (Å²) in [6.07, 6.45) is 0. The largest absolute Gasteiger partial charge is 0.338 e. The van der Waals surface area contributed by atoms with Crippen molar-refractivity contribution in [2.75, 3.05) is 18.4 Å². The smallest absolute Gasteiger partial charge is 0.333 e. The van der Waals surface area contributed by atoms with E-state index in [0.29, 0.717) is 29.9 Å². The summed E-state index contributed by atoms with van der Waals surface area (Å²) in [6, 6.07) is 2.77. The van der Waals surface area contributed by atoms with Crippen molar-refractivity contribution in [3.05, 3.63) is 40.8 Å². The predicted octanol–water partition coefficient (Wildman–Crippen LogP) is 3.80. The second-order valence-electron chi connectivity index (χ2n) is 8.30. The molecule has 0 saturated carbocycles. The lowest BCUT2D eigenvalue weighted by atomic mass is 9.92. The van der Waals surface area contributed by atoms with E-state index in [0.717, 1.165) is 6.07 Å². The highest BCUT2D eigenvalue weighted by Gasteiger charge is 2.27. The highest BCUT2D eigenvalue weighted by molar-refractivity contribution is 7.90. The number of carbonyl (C=O) groups is 2. The minimum atomic E-state index is -4.37. The number of halogens is 1. The molecule has 11 heteroatoms. The van der Waals surface area contributed by atoms with Crippen molar-refractivity contribution >= 4 is 27.6 Å². The van der Waals surface area contributed by atoms with Gasteiger partial charge in [-0.3, -0.25) is 9.48 Å². The van der Waals surface area contributed by atoms with Crippen LogP contribution in [0.25, 0.3) is 0 Å². The summed E-state index contributed by atoms with van der Waals surface area (Å²) < 4.78 is 42.8. The predicted molar refractivity (Wildman–Crippen MR) is 124 cm³/mol. The zero-order valence-corrected chi connectivity index (χ0v) is 20.9. The standard InChI is InChI=1S/C22H32FN5O4S/c1-8-28(9-2)21(29)18-12-19(25-27(18)7)33(31,32)26-22(30)24-20-16(13(3)4)10-15(23)11-17(20)14(5)6/h10-14H,8-9H2,1-7H3,(H2,24,26,30). The molecule has 3 amide bonds. The molecule has 182 valence electrons. The van der Waals surface area contributed by atoms with E-state index in [1.807, 2.05) is 46.3 Å². The lowest BCUT2D eigenvalue weighted by molar-refractivity contribution is 0.0762. The average molecular weight is 482 g/mol. The Morgan fingerprint density at radius 1 is 1.06 bits per heavy atom. The highest BCUT2D eigenvalue weighted by atomic mass is 32.2. The van der Waals surface area contributed by atoms with Gasteiger partial charge in [0.25, 0.3) is 15.9 Å². The van der Waals surface area contributed by atoms with Crippen LogP contribution in [0.5, 0.6) is 0 Å². The Balaban J connectivity index is 2.34. The number of benzene rings is 1. The van der Waals surface area contributed by atoms with Crippen molar-refractivity contribution in [2.45, 2.75) is 58.4 Å². The van der Waals surface area contributed by atoms with Gasteiger partial charge in [0.2, 0.25) is 0 Å². The second kappa shape index (κ2) is 10.3. The van der Waals surface area contributed by atoms with Crippen molar-refractivity contribution in [3.8, 4) is 0 Å². The number of sulfonamides is 1. The lowest BCUT2D eigenvalue weighted by Crippen LogP contribution is -2.35. The van der Waals surface area contributed by atoms with Crippen LogP contribution in [0.1, 0.15) is 75.0 Å². The molecule has 9 nitrogen and oxygen atoms in total. The molecule has 0 bridgehead atoms. The van der Waals surface area contributed by atoms with Crippen molar-refractivity contribution < 1.29 is 22.4 Å². The molecule has 2 rings (SSSR count). The first-order valence-electron chi connectivity index (χ1n) is 10.8. The fourth-order valence-corrected chi connectivity index (χ4v) is 4.36. The van der Waals surface area contributed by atoms with Gasteiger partial charge in [-0.1, -0.05) is 27.7 Å². The number of carbonyl (C=O) groups excluding carboxylic acids is 2. The minimum Gasteiger partial charge on any atom is -0.338 e. The summed E-state index contributed by atoms with van der Waals surface area (Å²) in [5.41, 5.74) is 1.56. The van der Waals surface area contributed by atoms with Crippen LogP contribution in [0.15, 0.2) is 23.2 Å². The first-order valence-corrected chi connectivity index (χ1v) is 12.3. The van der Waals surface area contributed by atoms with Crippen LogP contribution in [-0.4, -0.2) is 48.1 Å². The molecule has 0 atom stereocenters. The first-order chi connectivity index (χ1) is 15.3. The van der Waals surface area contributed by atoms with E-state index >= 15 is 0 Å². The Kier molecular flexibility index (Phi) is 8.23. The van der Waals surface area contributed by atoms with E-state index in [2.05, 4.69) is 10.4 Å². The van der Waals surface area contributed by atoms with E-state index in [-0.39, 0.29) is 23.4 Å². The fraction of sp³-hybridized carbons (Fsp3) is 0.500. The molecule has 1 heterocycles. The molecule has 0 unspecified atom stereocenters. The number of anilines is 1. The Hall–Kier alpha value is -2.95. The molecule has 0 aliphatic carbocycles. The molecule has 1 aromatic carbocycles. The third-order valence-corrected chi connectivity index (χ3v) is 6.48. The van der Waals surface area contributed by atoms with Gasteiger partial charge in [0.15, 0.2) is 5.03 Å². The summed E-state index contributed by atoms with van der Waals surface area (Å²) in [7, 11) is -2.91. The summed E-state index contributed by atoms with van der Waals surface area (Å²) in [5.74, 6) is -1.03. The maximum absolute atomic E-state index is 14.1. The number of urea groups is 1. The Labute approximate surface area is 194 Å². The van der Waals surface area contributed by atoms with Gasteiger partial charge in [-0.05, 0) is 48.9 Å². The van der Waals surface area contributed by atoms with Gasteiger partial charge in [-0.15, -0.1) is 0 Å². The van der Waals surface area contributed by atoms with E-state index in [4.69, 9.17) is 0 Å². The van der Waals surface area contributed by atoms with Crippen molar-refractivity contribution in [1.82, 2.24) is 19.4 Å². The van der Waals surface area contributed by atoms with E-state index in [9.17, 15) is 22.4 Å². The van der Waals surface area contributed by atoms with Crippen molar-refractivity contribution in [2.24, 2.45) is 7.05 Å². The molecule has 0 fully saturated rings. The fourth-order valence-electron chi connectivity index (χ4n) is 3.46. The van der Waals surface area contributed by atoms with Crippen LogP contribution in [-0.2, 0) is 17.1 Å². The number of amides is 3. The number of hydrogen-bond donors (Lipinski definition) is 2. The summed E-state index contributed by atoms with van der Waals surface area (Å²) in [6.45, 7) is 11.9. The van der Waals surface area contributed by atoms with Gasteiger partial charge in [0.05, 0.1) is 0 Å². The van der Waals surface area contributed by atoms with E-state index in [1.54, 1.807) is 0 Å². The molecule has 0 radical (unpaired) electrons. The van der Waals surface area contributed by atoms with Gasteiger partial charge in [0.1, 0.15) is 11.5 Å². The molecule has 33 heavy (non-hydrogen) atoms. The van der Waals surface area contributed by atoms with Gasteiger partial charge >= 0.3 is 6.03 Å². The van der Waals surface area contributed by atoms with E-state index < -0.39 is 26.9 Å². The number of nitrogens with zero attached hydrogens (tertiary/aromatic N) is 3. The Morgan fingerprint density at radius 3 is 2.03 bits per heavy atom. The van der Waals surface area contributed by atoms with Crippen molar-refractivity contribution in [3.63, 3.8) is 0 Å². The maximum Gasteiger partial charge on any atom is 0.333 e. The van der Waals surface area contributed by atoms with Crippen LogP contribution in [0.4, 0.5) is 14.9 Å². The molecule has 0 saturated heterocycles. The molecule has 0 spiro atoms. The second-order valence-corrected chi connectivity index (χ2v) is 9.93. The molecule has 2 aromatic rings. The van der Waals surface area contributed by atoms with Gasteiger partial charge < -0.3 is 10.2 Å². The summed E-state index contributed by atoms with van der Waals surface area (Å²) in [5, 5.41) is 6.02. The SMILES string of the molecule is CCN(CC)C(=O)c1cc(S(=O)(=O)NC(=O)Nc2c(C(C)C)cc(F)cc2C(C)C)nn1C. The third kappa shape index (κ3) is 5.89. The zero-order chi connectivity index (χ0) is 25.1. The molecular formula is C22H32FN5O4S. The molecule has 0 aliphatic rings. The van der Waals surface area contributed by atoms with Crippen LogP contribution in [0.2, 0.25) is 0 Å². The number of rotatable bonds is 8. The average Bonchev–Trinajstić information content (AvgIpc) is 3.11. The van der Waals surface area contributed by atoms with Gasteiger partial charge in [-0.25, -0.2) is 13.9 Å². The normalized spacial score (nSPS) is 11.7. The van der Waals surface area contributed by atoms with Gasteiger partial charge in [-0.2, -0.15) is 13.5 Å². The Morgan fingerprint density at radius 2 is 1.58 bits per heavy atom. The maximum atomic E-state index is 14.1. The van der Waals surface area contributed by atoms with Crippen molar-refractivity contribution in [1.29, 1.82) is 0 Å². The van der Waals surface area contributed by atoms with Crippen LogP contribution < -0.4 is 10.0 Å². The highest BCUT2D eigenvalue weighted by Crippen LogP contribution is 2.33. The number of aryl methyl sites for hydroxylation is 1. The quantitative estimate of drug-likeness (QED) is 0.595. The summed E-state index contributed by atoms with van der Waals surface area (Å²) in [4.78, 5) is 26.8. The van der Waals surface area contributed by atoms with Crippen LogP contribution in [0.3, 0.4) is 0 Å². The third-order valence-electron chi connectivity index (χ3n) is 5.28. The topological polar surface area (TPSA) is 113 Å².